The molecule has 10 heteroatoms. The number of carbonyl (C=O) groups excluding carboxylic acids is 2. The maximum atomic E-state index is 13.0. The fraction of sp³-hybridized carbons (Fsp3) is 0.714. The largest absolute Gasteiger partial charge is 0.403 e. The van der Waals surface area contributed by atoms with Crippen LogP contribution in [0.1, 0.15) is 32.1 Å². The summed E-state index contributed by atoms with van der Waals surface area (Å²) in [5, 5.41) is 5.98. The minimum Gasteiger partial charge on any atom is -0.377 e. The van der Waals surface area contributed by atoms with Crippen LogP contribution in [0.4, 0.5) is 13.2 Å². The quantitative estimate of drug-likeness (QED) is 0.580. The molecule has 2 amide bonds. The van der Waals surface area contributed by atoms with Gasteiger partial charge in [0, 0.05) is 43.8 Å². The minimum atomic E-state index is -4.47. The van der Waals surface area contributed by atoms with Gasteiger partial charge in [-0.25, -0.2) is 0 Å². The van der Waals surface area contributed by atoms with E-state index in [4.69, 9.17) is 16.3 Å². The molecule has 0 aromatic rings. The standard InChI is InChI=1S/C21H29ClF3N3O3/c1-31-17-11-15(10-16(22)12-17)18(29)27-13-14-2-7-28(8-3-14)9-6-26-19(30)20(4-5-20)21(23,24)25/h10-11,14,17H,2-9,12-13H2,1H3,(H,26,30)(H,27,29). The van der Waals surface area contributed by atoms with E-state index in [0.29, 0.717) is 36.0 Å². The number of hydrogen-bond acceptors (Lipinski definition) is 4. The van der Waals surface area contributed by atoms with Crippen LogP contribution >= 0.6 is 11.6 Å². The number of hydrogen-bond donors (Lipinski definition) is 2. The van der Waals surface area contributed by atoms with Gasteiger partial charge in [0.2, 0.25) is 5.91 Å². The Morgan fingerprint density at radius 2 is 1.94 bits per heavy atom. The summed E-state index contributed by atoms with van der Waals surface area (Å²) in [5.74, 6) is -0.750. The molecule has 1 saturated heterocycles. The van der Waals surface area contributed by atoms with Crippen molar-refractivity contribution in [3.8, 4) is 0 Å². The third-order valence-corrected chi connectivity index (χ3v) is 6.60. The maximum Gasteiger partial charge on any atom is 0.403 e. The first-order valence-corrected chi connectivity index (χ1v) is 11.0. The molecule has 0 bridgehead atoms. The molecule has 0 aromatic carbocycles. The van der Waals surface area contributed by atoms with Crippen molar-refractivity contribution in [1.29, 1.82) is 0 Å². The lowest BCUT2D eigenvalue weighted by Crippen LogP contribution is -2.45. The first-order chi connectivity index (χ1) is 14.6. The van der Waals surface area contributed by atoms with Gasteiger partial charge in [-0.1, -0.05) is 11.6 Å². The van der Waals surface area contributed by atoms with Crippen LogP contribution in [-0.2, 0) is 14.3 Å². The van der Waals surface area contributed by atoms with Gasteiger partial charge in [0.1, 0.15) is 5.41 Å². The summed E-state index contributed by atoms with van der Waals surface area (Å²) in [6.07, 6.45) is 0.816. The molecule has 0 radical (unpaired) electrons. The summed E-state index contributed by atoms with van der Waals surface area (Å²) in [5.41, 5.74) is -1.65. The highest BCUT2D eigenvalue weighted by atomic mass is 35.5. The molecule has 1 unspecified atom stereocenters. The van der Waals surface area contributed by atoms with Gasteiger partial charge in [0.15, 0.2) is 0 Å². The van der Waals surface area contributed by atoms with E-state index in [1.807, 2.05) is 0 Å². The van der Waals surface area contributed by atoms with Crippen LogP contribution < -0.4 is 10.6 Å². The number of methoxy groups -OCH3 is 1. The number of piperidine rings is 1. The zero-order chi connectivity index (χ0) is 22.6. The number of amides is 2. The van der Waals surface area contributed by atoms with Crippen molar-refractivity contribution in [2.75, 3.05) is 39.8 Å². The maximum absolute atomic E-state index is 13.0. The lowest BCUT2D eigenvalue weighted by molar-refractivity contribution is -0.192. The van der Waals surface area contributed by atoms with Crippen molar-refractivity contribution in [1.82, 2.24) is 15.5 Å². The van der Waals surface area contributed by atoms with Gasteiger partial charge in [-0.3, -0.25) is 9.59 Å². The zero-order valence-corrected chi connectivity index (χ0v) is 18.3. The van der Waals surface area contributed by atoms with E-state index in [1.165, 1.54) is 0 Å². The Kier molecular flexibility index (Phi) is 7.70. The Hall–Kier alpha value is -1.58. The van der Waals surface area contributed by atoms with Crippen LogP contribution in [-0.4, -0.2) is 68.8 Å². The molecule has 1 aliphatic heterocycles. The summed E-state index contributed by atoms with van der Waals surface area (Å²) in [6, 6.07) is 0. The SMILES string of the molecule is COC1C=C(C(=O)NCC2CCN(CCNC(=O)C3(C(F)(F)F)CC3)CC2)C=C(Cl)C1. The first kappa shape index (κ1) is 24.1. The topological polar surface area (TPSA) is 70.7 Å². The average Bonchev–Trinajstić information content (AvgIpc) is 3.54. The number of nitrogens with zero attached hydrogens (tertiary/aromatic N) is 1. The molecular weight excluding hydrogens is 435 g/mol. The van der Waals surface area contributed by atoms with Crippen LogP contribution in [0.15, 0.2) is 22.8 Å². The highest BCUT2D eigenvalue weighted by Gasteiger charge is 2.68. The number of likely N-dealkylation sites (tertiary alicyclic amines) is 1. The van der Waals surface area contributed by atoms with Crippen molar-refractivity contribution in [2.24, 2.45) is 11.3 Å². The Bertz CT molecular complexity index is 742. The molecule has 2 fully saturated rings. The third kappa shape index (κ3) is 6.02. The van der Waals surface area contributed by atoms with Gasteiger partial charge in [-0.2, -0.15) is 13.2 Å². The van der Waals surface area contributed by atoms with Crippen molar-refractivity contribution in [3.05, 3.63) is 22.8 Å². The van der Waals surface area contributed by atoms with E-state index >= 15 is 0 Å². The van der Waals surface area contributed by atoms with Gasteiger partial charge in [0.25, 0.3) is 5.91 Å². The minimum absolute atomic E-state index is 0.121. The molecule has 2 aliphatic carbocycles. The number of ether oxygens (including phenoxy) is 1. The summed E-state index contributed by atoms with van der Waals surface area (Å²) in [7, 11) is 1.58. The van der Waals surface area contributed by atoms with E-state index < -0.39 is 17.5 Å². The molecule has 6 nitrogen and oxygen atoms in total. The molecule has 31 heavy (non-hydrogen) atoms. The van der Waals surface area contributed by atoms with E-state index in [2.05, 4.69) is 15.5 Å². The fourth-order valence-electron chi connectivity index (χ4n) is 4.03. The summed E-state index contributed by atoms with van der Waals surface area (Å²) >= 11 is 6.08. The molecule has 0 spiro atoms. The van der Waals surface area contributed by atoms with Crippen molar-refractivity contribution in [3.63, 3.8) is 0 Å². The Morgan fingerprint density at radius 1 is 1.26 bits per heavy atom. The molecule has 2 N–H and O–H groups in total. The molecular formula is C21H29ClF3N3O3. The van der Waals surface area contributed by atoms with Crippen LogP contribution in [0, 0.1) is 11.3 Å². The number of rotatable bonds is 8. The average molecular weight is 464 g/mol. The van der Waals surface area contributed by atoms with Crippen LogP contribution in [0.2, 0.25) is 0 Å². The van der Waals surface area contributed by atoms with E-state index in [9.17, 15) is 22.8 Å². The molecule has 1 saturated carbocycles. The third-order valence-electron chi connectivity index (χ3n) is 6.34. The number of halogens is 4. The van der Waals surface area contributed by atoms with Crippen molar-refractivity contribution < 1.29 is 27.5 Å². The molecule has 1 atom stereocenters. The predicted molar refractivity (Wildman–Crippen MR) is 110 cm³/mol. The van der Waals surface area contributed by atoms with Crippen LogP contribution in [0.5, 0.6) is 0 Å². The number of carbonyl (C=O) groups is 2. The molecule has 0 aromatic heterocycles. The van der Waals surface area contributed by atoms with Crippen LogP contribution in [0.25, 0.3) is 0 Å². The van der Waals surface area contributed by atoms with Gasteiger partial charge in [-0.15, -0.1) is 0 Å². The van der Waals surface area contributed by atoms with Gasteiger partial charge in [0.05, 0.1) is 6.10 Å². The van der Waals surface area contributed by atoms with Gasteiger partial charge in [-0.05, 0) is 56.8 Å². The lowest BCUT2D eigenvalue weighted by atomic mass is 9.96. The molecule has 174 valence electrons. The first-order valence-electron chi connectivity index (χ1n) is 10.6. The monoisotopic (exact) mass is 463 g/mol. The van der Waals surface area contributed by atoms with Gasteiger partial charge < -0.3 is 20.3 Å². The second-order valence-electron chi connectivity index (χ2n) is 8.52. The highest BCUT2D eigenvalue weighted by molar-refractivity contribution is 6.30. The van der Waals surface area contributed by atoms with Crippen LogP contribution in [0.3, 0.4) is 0 Å². The second kappa shape index (κ2) is 9.92. The van der Waals surface area contributed by atoms with E-state index in [-0.39, 0.29) is 31.4 Å². The molecule has 3 aliphatic rings. The van der Waals surface area contributed by atoms with E-state index in [1.54, 1.807) is 19.3 Å². The van der Waals surface area contributed by atoms with Crippen molar-refractivity contribution in [2.45, 2.75) is 44.4 Å². The predicted octanol–water partition coefficient (Wildman–Crippen LogP) is 2.74. The second-order valence-corrected chi connectivity index (χ2v) is 9.01. The molecule has 3 rings (SSSR count). The fourth-order valence-corrected chi connectivity index (χ4v) is 4.30. The summed E-state index contributed by atoms with van der Waals surface area (Å²) in [6.45, 7) is 2.84. The van der Waals surface area contributed by atoms with E-state index in [0.717, 1.165) is 25.9 Å². The summed E-state index contributed by atoms with van der Waals surface area (Å²) in [4.78, 5) is 26.4. The highest BCUT2D eigenvalue weighted by Crippen LogP contribution is 2.57. The normalized spacial score (nSPS) is 24.2. The Balaban J connectivity index is 1.33. The zero-order valence-electron chi connectivity index (χ0n) is 17.6. The lowest BCUT2D eigenvalue weighted by Gasteiger charge is -2.32. The van der Waals surface area contributed by atoms with Crippen molar-refractivity contribution >= 4 is 23.4 Å². The Morgan fingerprint density at radius 3 is 2.52 bits per heavy atom. The summed E-state index contributed by atoms with van der Waals surface area (Å²) < 4.78 is 44.1. The number of nitrogens with one attached hydrogen (secondary N) is 2. The van der Waals surface area contributed by atoms with Gasteiger partial charge >= 0.3 is 6.18 Å². The smallest absolute Gasteiger partial charge is 0.377 e. The number of alkyl halides is 3. The Labute approximate surface area is 185 Å². The molecule has 1 heterocycles.